The van der Waals surface area contributed by atoms with E-state index in [1.54, 1.807) is 0 Å². The molecule has 2 aliphatic heterocycles. The fraction of sp³-hybridized carbons (Fsp3) is 0.238. The summed E-state index contributed by atoms with van der Waals surface area (Å²) >= 11 is 0. The maximum absolute atomic E-state index is 5.64. The van der Waals surface area contributed by atoms with E-state index in [2.05, 4.69) is 62.1 Å². The van der Waals surface area contributed by atoms with Crippen LogP contribution in [0.15, 0.2) is 61.5 Å². The van der Waals surface area contributed by atoms with Crippen LogP contribution in [0.4, 0.5) is 5.69 Å². The number of anilines is 1. The predicted octanol–water partition coefficient (Wildman–Crippen LogP) is 4.41. The molecule has 2 heterocycles. The van der Waals surface area contributed by atoms with E-state index in [-0.39, 0.29) is 6.04 Å². The van der Waals surface area contributed by atoms with E-state index < -0.39 is 0 Å². The van der Waals surface area contributed by atoms with Crippen molar-refractivity contribution >= 4 is 17.5 Å². The Morgan fingerprint density at radius 2 is 2.17 bits per heavy atom. The van der Waals surface area contributed by atoms with Gasteiger partial charge in [0.2, 0.25) is 0 Å². The number of hydrogen-bond acceptors (Lipinski definition) is 3. The Morgan fingerprint density at radius 3 is 2.83 bits per heavy atom. The molecule has 2 aliphatic rings. The molecule has 0 amide bonds. The number of rotatable bonds is 3. The molecule has 3 N–H and O–H groups in total. The molecule has 3 rings (SSSR count). The van der Waals surface area contributed by atoms with Gasteiger partial charge in [-0.3, -0.25) is 0 Å². The number of fused-ring (bicyclic) bond motifs is 2. The highest BCUT2D eigenvalue weighted by molar-refractivity contribution is 5.84. The molecule has 0 aromatic heterocycles. The van der Waals surface area contributed by atoms with Crippen molar-refractivity contribution in [3.63, 3.8) is 0 Å². The maximum atomic E-state index is 5.64. The number of allylic oxidation sites excluding steroid dienone is 2. The number of nitrogens with one attached hydrogen (secondary N) is 1. The monoisotopic (exact) mass is 319 g/mol. The summed E-state index contributed by atoms with van der Waals surface area (Å²) in [6, 6.07) is 4.89. The maximum Gasteiger partial charge on any atom is 0.0575 e. The van der Waals surface area contributed by atoms with Gasteiger partial charge in [0.1, 0.15) is 0 Å². The summed E-state index contributed by atoms with van der Waals surface area (Å²) in [5.41, 5.74) is 13.1. The Morgan fingerprint density at radius 1 is 1.42 bits per heavy atom. The van der Waals surface area contributed by atoms with Gasteiger partial charge in [-0.1, -0.05) is 44.0 Å². The lowest BCUT2D eigenvalue weighted by Gasteiger charge is -2.28. The van der Waals surface area contributed by atoms with E-state index in [1.807, 2.05) is 18.2 Å². The third-order valence-corrected chi connectivity index (χ3v) is 4.86. The highest BCUT2D eigenvalue weighted by Gasteiger charge is 2.34. The number of nitrogens with two attached hydrogens (primary N) is 1. The van der Waals surface area contributed by atoms with Crippen LogP contribution < -0.4 is 11.1 Å². The minimum atomic E-state index is 0.284. The largest absolute Gasteiger partial charge is 0.399 e. The highest BCUT2D eigenvalue weighted by atomic mass is 15.2. The Kier molecular flexibility index (Phi) is 4.10. The average molecular weight is 319 g/mol. The van der Waals surface area contributed by atoms with Crippen LogP contribution in [0.2, 0.25) is 0 Å². The lowest BCUT2D eigenvalue weighted by molar-refractivity contribution is 0.382. The van der Waals surface area contributed by atoms with Crippen molar-refractivity contribution in [1.82, 2.24) is 4.90 Å². The average Bonchev–Trinajstić information content (AvgIpc) is 2.93. The highest BCUT2D eigenvalue weighted by Crippen LogP contribution is 2.41. The molecular weight excluding hydrogens is 294 g/mol. The zero-order valence-corrected chi connectivity index (χ0v) is 14.5. The molecule has 0 fully saturated rings. The Bertz CT molecular complexity index is 783. The second-order valence-electron chi connectivity index (χ2n) is 6.59. The van der Waals surface area contributed by atoms with E-state index in [0.29, 0.717) is 11.7 Å². The molecule has 0 spiro atoms. The van der Waals surface area contributed by atoms with Gasteiger partial charge in [0.15, 0.2) is 0 Å². The molecule has 0 saturated heterocycles. The standard InChI is InChI=1S/C21H25N3/c1-6-18-13(2)7-10-19-16(5)24-12-17(9-8-14(3)22)11-20(24)15(4)23-21(18)19/h6-10,12,15,20,23H,1,3,5,11,22H2,2,4H3/b9-8+. The van der Waals surface area contributed by atoms with Gasteiger partial charge >= 0.3 is 0 Å². The van der Waals surface area contributed by atoms with Crippen LogP contribution >= 0.6 is 0 Å². The molecule has 2 unspecified atom stereocenters. The molecule has 3 heteroatoms. The minimum Gasteiger partial charge on any atom is -0.399 e. The van der Waals surface area contributed by atoms with Crippen molar-refractivity contribution in [3.8, 4) is 0 Å². The van der Waals surface area contributed by atoms with Gasteiger partial charge in [-0.25, -0.2) is 0 Å². The van der Waals surface area contributed by atoms with Crippen molar-refractivity contribution < 1.29 is 0 Å². The fourth-order valence-corrected chi connectivity index (χ4v) is 3.53. The van der Waals surface area contributed by atoms with Crippen LogP contribution in [0.3, 0.4) is 0 Å². The van der Waals surface area contributed by atoms with Crippen molar-refractivity contribution in [2.75, 3.05) is 5.32 Å². The minimum absolute atomic E-state index is 0.284. The lowest BCUT2D eigenvalue weighted by Crippen LogP contribution is -2.37. The van der Waals surface area contributed by atoms with Gasteiger partial charge in [0.05, 0.1) is 11.7 Å². The van der Waals surface area contributed by atoms with Crippen LogP contribution in [-0.2, 0) is 0 Å². The molecule has 0 aliphatic carbocycles. The first-order valence-corrected chi connectivity index (χ1v) is 8.25. The summed E-state index contributed by atoms with van der Waals surface area (Å²) in [7, 11) is 0. The fourth-order valence-electron chi connectivity index (χ4n) is 3.53. The van der Waals surface area contributed by atoms with Crippen LogP contribution in [0.5, 0.6) is 0 Å². The van der Waals surface area contributed by atoms with Gasteiger partial charge in [-0.2, -0.15) is 0 Å². The lowest BCUT2D eigenvalue weighted by atomic mass is 9.99. The third kappa shape index (κ3) is 2.67. The normalized spacial score (nSPS) is 22.5. The van der Waals surface area contributed by atoms with E-state index >= 15 is 0 Å². The zero-order valence-electron chi connectivity index (χ0n) is 14.5. The second-order valence-corrected chi connectivity index (χ2v) is 6.59. The summed E-state index contributed by atoms with van der Waals surface area (Å²) in [5.74, 6) is 0. The van der Waals surface area contributed by atoms with Crippen LogP contribution in [0, 0.1) is 6.92 Å². The van der Waals surface area contributed by atoms with Gasteiger partial charge < -0.3 is 16.0 Å². The Balaban J connectivity index is 2.04. The summed E-state index contributed by atoms with van der Waals surface area (Å²) in [5, 5.41) is 3.70. The molecule has 0 bridgehead atoms. The quantitative estimate of drug-likeness (QED) is 0.811. The SMILES string of the molecule is C=Cc1c(C)ccc2c1NC(C)C1CC(/C=C/C(=C)N)=CN1C2=C. The van der Waals surface area contributed by atoms with Crippen LogP contribution in [0.25, 0.3) is 11.8 Å². The van der Waals surface area contributed by atoms with Crippen molar-refractivity contribution in [2.24, 2.45) is 5.73 Å². The van der Waals surface area contributed by atoms with Gasteiger partial charge in [-0.05, 0) is 37.5 Å². The third-order valence-electron chi connectivity index (χ3n) is 4.86. The summed E-state index contributed by atoms with van der Waals surface area (Å²) < 4.78 is 0. The van der Waals surface area contributed by atoms with Gasteiger partial charge in [0.25, 0.3) is 0 Å². The van der Waals surface area contributed by atoms with Crippen LogP contribution in [0.1, 0.15) is 30.0 Å². The first-order valence-electron chi connectivity index (χ1n) is 8.25. The Hall–Kier alpha value is -2.68. The topological polar surface area (TPSA) is 41.3 Å². The summed E-state index contributed by atoms with van der Waals surface area (Å²) in [6.45, 7) is 16.4. The molecule has 24 heavy (non-hydrogen) atoms. The first kappa shape index (κ1) is 16.2. The second kappa shape index (κ2) is 6.08. The van der Waals surface area contributed by atoms with E-state index in [4.69, 9.17) is 5.73 Å². The molecule has 2 atom stereocenters. The molecular formula is C21H25N3. The number of aryl methyl sites for hydroxylation is 1. The predicted molar refractivity (Wildman–Crippen MR) is 104 cm³/mol. The Labute approximate surface area is 144 Å². The number of hydrogen-bond donors (Lipinski definition) is 2. The van der Waals surface area contributed by atoms with Gasteiger partial charge in [0, 0.05) is 34.8 Å². The first-order chi connectivity index (χ1) is 11.4. The number of benzene rings is 1. The molecule has 124 valence electrons. The van der Waals surface area contributed by atoms with Crippen molar-refractivity contribution in [2.45, 2.75) is 32.4 Å². The van der Waals surface area contributed by atoms with Crippen molar-refractivity contribution in [1.29, 1.82) is 0 Å². The smallest absolute Gasteiger partial charge is 0.0575 e. The van der Waals surface area contributed by atoms with Crippen molar-refractivity contribution in [3.05, 3.63) is 78.2 Å². The molecule has 0 saturated carbocycles. The molecule has 1 aromatic carbocycles. The molecule has 0 radical (unpaired) electrons. The van der Waals surface area contributed by atoms with Crippen LogP contribution in [-0.4, -0.2) is 17.0 Å². The van der Waals surface area contributed by atoms with E-state index in [9.17, 15) is 0 Å². The molecule has 3 nitrogen and oxygen atoms in total. The summed E-state index contributed by atoms with van der Waals surface area (Å²) in [6.07, 6.45) is 8.95. The summed E-state index contributed by atoms with van der Waals surface area (Å²) in [4.78, 5) is 2.28. The molecule has 1 aromatic rings. The van der Waals surface area contributed by atoms with Gasteiger partial charge in [-0.15, -0.1) is 0 Å². The number of nitrogens with zero attached hydrogens (tertiary/aromatic N) is 1. The zero-order chi connectivity index (χ0) is 17.4. The van der Waals surface area contributed by atoms with E-state index in [1.165, 1.54) is 11.1 Å². The van der Waals surface area contributed by atoms with E-state index in [0.717, 1.165) is 28.9 Å².